The third-order valence-electron chi connectivity index (χ3n) is 4.23. The van der Waals surface area contributed by atoms with Gasteiger partial charge in [-0.15, -0.1) is 0 Å². The fraction of sp³-hybridized carbons (Fsp3) is 0.333. The van der Waals surface area contributed by atoms with Gasteiger partial charge in [0, 0.05) is 24.4 Å². The van der Waals surface area contributed by atoms with Crippen molar-refractivity contribution in [3.63, 3.8) is 0 Å². The summed E-state index contributed by atoms with van der Waals surface area (Å²) >= 11 is 0. The van der Waals surface area contributed by atoms with Gasteiger partial charge in [-0.25, -0.2) is 14.2 Å². The number of alkyl halides is 3. The molecule has 0 unspecified atom stereocenters. The monoisotopic (exact) mass is 384 g/mol. The minimum Gasteiger partial charge on any atom is -0.465 e. The summed E-state index contributed by atoms with van der Waals surface area (Å²) in [6.07, 6.45) is -0.852. The van der Waals surface area contributed by atoms with E-state index < -0.39 is 35.2 Å². The third-order valence-corrected chi connectivity index (χ3v) is 4.23. The van der Waals surface area contributed by atoms with Crippen LogP contribution in [-0.4, -0.2) is 24.1 Å². The SMILES string of the molecule is COC(=O)c1cc(Oc2ncccc2C(F)(F)F)c(F)cc1NC1CCC1. The van der Waals surface area contributed by atoms with Crippen LogP contribution in [0.3, 0.4) is 0 Å². The fourth-order valence-corrected chi connectivity index (χ4v) is 2.59. The number of benzene rings is 1. The Labute approximate surface area is 152 Å². The Morgan fingerprint density at radius 1 is 1.30 bits per heavy atom. The molecular weight excluding hydrogens is 368 g/mol. The number of carbonyl (C=O) groups excluding carboxylic acids is 1. The first-order chi connectivity index (χ1) is 12.8. The molecule has 1 aliphatic carbocycles. The second kappa shape index (κ2) is 7.42. The predicted molar refractivity (Wildman–Crippen MR) is 88.3 cm³/mol. The van der Waals surface area contributed by atoms with E-state index in [0.29, 0.717) is 0 Å². The Bertz CT molecular complexity index is 851. The van der Waals surface area contributed by atoms with Crippen LogP contribution in [0.2, 0.25) is 0 Å². The molecule has 1 fully saturated rings. The Hall–Kier alpha value is -2.84. The lowest BCUT2D eigenvalue weighted by molar-refractivity contribution is -0.138. The van der Waals surface area contributed by atoms with Gasteiger partial charge in [-0.1, -0.05) is 0 Å². The van der Waals surface area contributed by atoms with Gasteiger partial charge in [-0.3, -0.25) is 0 Å². The first kappa shape index (κ1) is 18.9. The maximum Gasteiger partial charge on any atom is 0.421 e. The minimum atomic E-state index is -4.73. The van der Waals surface area contributed by atoms with Crippen molar-refractivity contribution in [3.8, 4) is 11.6 Å². The van der Waals surface area contributed by atoms with E-state index in [1.165, 1.54) is 0 Å². The van der Waals surface area contributed by atoms with Gasteiger partial charge < -0.3 is 14.8 Å². The number of carbonyl (C=O) groups is 1. The first-order valence-corrected chi connectivity index (χ1v) is 8.18. The summed E-state index contributed by atoms with van der Waals surface area (Å²) < 4.78 is 63.4. The Kier molecular flexibility index (Phi) is 5.20. The summed E-state index contributed by atoms with van der Waals surface area (Å²) in [5.74, 6) is -3.06. The molecule has 0 amide bonds. The Morgan fingerprint density at radius 3 is 2.63 bits per heavy atom. The molecule has 0 spiro atoms. The van der Waals surface area contributed by atoms with E-state index in [2.05, 4.69) is 15.0 Å². The zero-order chi connectivity index (χ0) is 19.6. The van der Waals surface area contributed by atoms with Crippen molar-refractivity contribution in [2.75, 3.05) is 12.4 Å². The molecule has 9 heteroatoms. The molecule has 1 aliphatic rings. The molecule has 0 radical (unpaired) electrons. The van der Waals surface area contributed by atoms with Gasteiger partial charge >= 0.3 is 12.1 Å². The van der Waals surface area contributed by atoms with Crippen LogP contribution in [0.15, 0.2) is 30.5 Å². The van der Waals surface area contributed by atoms with Crippen LogP contribution in [0.4, 0.5) is 23.2 Å². The number of anilines is 1. The van der Waals surface area contributed by atoms with Crippen LogP contribution in [0, 0.1) is 5.82 Å². The van der Waals surface area contributed by atoms with Crippen molar-refractivity contribution in [1.29, 1.82) is 0 Å². The number of esters is 1. The number of hydrogen-bond acceptors (Lipinski definition) is 5. The highest BCUT2D eigenvalue weighted by Gasteiger charge is 2.35. The van der Waals surface area contributed by atoms with Gasteiger partial charge in [0.05, 0.1) is 18.4 Å². The van der Waals surface area contributed by atoms with Crippen LogP contribution < -0.4 is 10.1 Å². The molecule has 1 aromatic heterocycles. The van der Waals surface area contributed by atoms with E-state index in [0.717, 1.165) is 56.8 Å². The smallest absolute Gasteiger partial charge is 0.421 e. The van der Waals surface area contributed by atoms with E-state index in [1.54, 1.807) is 0 Å². The number of rotatable bonds is 5. The van der Waals surface area contributed by atoms with Crippen molar-refractivity contribution >= 4 is 11.7 Å². The molecule has 0 aliphatic heterocycles. The van der Waals surface area contributed by atoms with Gasteiger partial charge in [0.2, 0.25) is 5.88 Å². The summed E-state index contributed by atoms with van der Waals surface area (Å²) in [6.45, 7) is 0. The van der Waals surface area contributed by atoms with Crippen LogP contribution in [-0.2, 0) is 10.9 Å². The van der Waals surface area contributed by atoms with E-state index >= 15 is 0 Å². The minimum absolute atomic E-state index is 0.0368. The average Bonchev–Trinajstić information content (AvgIpc) is 2.59. The summed E-state index contributed by atoms with van der Waals surface area (Å²) in [5, 5.41) is 3.04. The van der Waals surface area contributed by atoms with Crippen molar-refractivity contribution in [3.05, 3.63) is 47.4 Å². The maximum atomic E-state index is 14.5. The quantitative estimate of drug-likeness (QED) is 0.594. The first-order valence-electron chi connectivity index (χ1n) is 8.18. The molecule has 2 aromatic rings. The summed E-state index contributed by atoms with van der Waals surface area (Å²) in [6, 6.07) is 3.99. The van der Waals surface area contributed by atoms with E-state index in [9.17, 15) is 22.4 Å². The number of pyridine rings is 1. The van der Waals surface area contributed by atoms with Gasteiger partial charge in [-0.2, -0.15) is 13.2 Å². The van der Waals surface area contributed by atoms with Crippen LogP contribution >= 0.6 is 0 Å². The molecule has 0 saturated heterocycles. The van der Waals surface area contributed by atoms with Gasteiger partial charge in [0.15, 0.2) is 11.6 Å². The molecule has 0 atom stereocenters. The van der Waals surface area contributed by atoms with Crippen molar-refractivity contribution in [2.45, 2.75) is 31.5 Å². The molecule has 27 heavy (non-hydrogen) atoms. The Balaban J connectivity index is 1.98. The molecule has 1 N–H and O–H groups in total. The zero-order valence-electron chi connectivity index (χ0n) is 14.3. The summed E-state index contributed by atoms with van der Waals surface area (Å²) in [5.41, 5.74) is -0.987. The molecule has 1 aromatic carbocycles. The van der Waals surface area contributed by atoms with Gasteiger partial charge in [-0.05, 0) is 31.4 Å². The van der Waals surface area contributed by atoms with Crippen molar-refractivity contribution in [1.82, 2.24) is 4.98 Å². The number of nitrogens with zero attached hydrogens (tertiary/aromatic N) is 1. The molecule has 5 nitrogen and oxygen atoms in total. The number of hydrogen-bond donors (Lipinski definition) is 1. The molecule has 0 bridgehead atoms. The highest BCUT2D eigenvalue weighted by molar-refractivity contribution is 5.96. The second-order valence-electron chi connectivity index (χ2n) is 6.05. The predicted octanol–water partition coefficient (Wildman–Crippen LogP) is 4.78. The van der Waals surface area contributed by atoms with E-state index in [4.69, 9.17) is 4.74 Å². The highest BCUT2D eigenvalue weighted by Crippen LogP contribution is 2.38. The number of methoxy groups -OCH3 is 1. The molecule has 144 valence electrons. The third kappa shape index (κ3) is 4.12. The largest absolute Gasteiger partial charge is 0.465 e. The molecule has 3 rings (SSSR count). The standard InChI is InChI=1S/C18H16F4N2O3/c1-26-17(25)11-8-15(13(19)9-14(11)24-10-4-2-5-10)27-16-12(18(20,21)22)6-3-7-23-16/h3,6-10,24H,2,4-5H2,1H3. The maximum absolute atomic E-state index is 14.5. The average molecular weight is 384 g/mol. The summed E-state index contributed by atoms with van der Waals surface area (Å²) in [7, 11) is 1.15. The van der Waals surface area contributed by atoms with Crippen molar-refractivity contribution < 1.29 is 31.8 Å². The number of ether oxygens (including phenoxy) is 2. The van der Waals surface area contributed by atoms with Crippen LogP contribution in [0.25, 0.3) is 0 Å². The molecular formula is C18H16F4N2O3. The number of aromatic nitrogens is 1. The lowest BCUT2D eigenvalue weighted by Crippen LogP contribution is -2.28. The normalized spacial score (nSPS) is 14.4. The fourth-order valence-electron chi connectivity index (χ4n) is 2.59. The summed E-state index contributed by atoms with van der Waals surface area (Å²) in [4.78, 5) is 15.6. The highest BCUT2D eigenvalue weighted by atomic mass is 19.4. The van der Waals surface area contributed by atoms with E-state index in [-0.39, 0.29) is 17.3 Å². The molecule has 1 saturated carbocycles. The molecule has 1 heterocycles. The van der Waals surface area contributed by atoms with Gasteiger partial charge in [0.1, 0.15) is 5.56 Å². The lowest BCUT2D eigenvalue weighted by Gasteiger charge is -2.28. The lowest BCUT2D eigenvalue weighted by atomic mass is 9.92. The van der Waals surface area contributed by atoms with Gasteiger partial charge in [0.25, 0.3) is 0 Å². The van der Waals surface area contributed by atoms with E-state index in [1.807, 2.05) is 0 Å². The van der Waals surface area contributed by atoms with Crippen LogP contribution in [0.5, 0.6) is 11.6 Å². The number of nitrogens with one attached hydrogen (secondary N) is 1. The van der Waals surface area contributed by atoms with Crippen LogP contribution in [0.1, 0.15) is 35.2 Å². The number of halogens is 4. The van der Waals surface area contributed by atoms with Crippen molar-refractivity contribution in [2.24, 2.45) is 0 Å². The Morgan fingerprint density at radius 2 is 2.04 bits per heavy atom. The zero-order valence-corrected chi connectivity index (χ0v) is 14.3. The topological polar surface area (TPSA) is 60.5 Å². The second-order valence-corrected chi connectivity index (χ2v) is 6.05.